The zero-order valence-corrected chi connectivity index (χ0v) is 15.4. The zero-order chi connectivity index (χ0) is 19.8. The van der Waals surface area contributed by atoms with E-state index in [1.807, 2.05) is 7.05 Å². The molecule has 0 radical (unpaired) electrons. The van der Waals surface area contributed by atoms with E-state index in [0.717, 1.165) is 31.4 Å². The molecule has 148 valence electrons. The summed E-state index contributed by atoms with van der Waals surface area (Å²) < 4.78 is 38.6. The largest absolute Gasteiger partial charge is 0.416 e. The fourth-order valence-electron chi connectivity index (χ4n) is 3.96. The molecule has 2 aliphatic rings. The summed E-state index contributed by atoms with van der Waals surface area (Å²) in [6, 6.07) is 4.78. The minimum absolute atomic E-state index is 0.259. The van der Waals surface area contributed by atoms with E-state index in [1.54, 1.807) is 11.8 Å². The maximum atomic E-state index is 12.9. The first kappa shape index (κ1) is 19.7. The molecule has 0 aliphatic carbocycles. The molecule has 0 spiro atoms. The second-order valence-corrected chi connectivity index (χ2v) is 7.41. The molecule has 27 heavy (non-hydrogen) atoms. The Morgan fingerprint density at radius 2 is 1.89 bits per heavy atom. The number of nitrogens with one attached hydrogen (secondary N) is 1. The highest BCUT2D eigenvalue weighted by Crippen LogP contribution is 2.31. The van der Waals surface area contributed by atoms with E-state index in [-0.39, 0.29) is 6.04 Å². The van der Waals surface area contributed by atoms with Gasteiger partial charge in [-0.15, -0.1) is 0 Å². The van der Waals surface area contributed by atoms with Crippen molar-refractivity contribution in [3.63, 3.8) is 0 Å². The van der Waals surface area contributed by atoms with Crippen LogP contribution in [0.15, 0.2) is 24.3 Å². The van der Waals surface area contributed by atoms with Crippen molar-refractivity contribution in [2.75, 3.05) is 20.1 Å². The van der Waals surface area contributed by atoms with Crippen LogP contribution in [0.3, 0.4) is 0 Å². The maximum absolute atomic E-state index is 12.9. The van der Waals surface area contributed by atoms with Gasteiger partial charge in [0.25, 0.3) is 0 Å². The van der Waals surface area contributed by atoms with Crippen LogP contribution in [0.2, 0.25) is 0 Å². The quantitative estimate of drug-likeness (QED) is 0.799. The minimum Gasteiger partial charge on any atom is -0.341 e. The summed E-state index contributed by atoms with van der Waals surface area (Å²) in [5, 5.41) is 2.54. The van der Waals surface area contributed by atoms with Gasteiger partial charge < -0.3 is 10.2 Å². The van der Waals surface area contributed by atoms with E-state index < -0.39 is 29.6 Å². The first-order valence-corrected chi connectivity index (χ1v) is 9.15. The highest BCUT2D eigenvalue weighted by atomic mass is 19.4. The summed E-state index contributed by atoms with van der Waals surface area (Å²) in [5.41, 5.74) is -0.473. The van der Waals surface area contributed by atoms with Crippen LogP contribution in [0.4, 0.5) is 13.2 Å². The predicted molar refractivity (Wildman–Crippen MR) is 93.8 cm³/mol. The number of likely N-dealkylation sites (tertiary alicyclic amines) is 1. The van der Waals surface area contributed by atoms with Gasteiger partial charge in [-0.2, -0.15) is 13.2 Å². The van der Waals surface area contributed by atoms with Crippen molar-refractivity contribution in [1.82, 2.24) is 15.1 Å². The number of hydrogen-bond acceptors (Lipinski definition) is 3. The molecule has 3 atom stereocenters. The highest BCUT2D eigenvalue weighted by molar-refractivity contribution is 6.35. The molecular formula is C19H24F3N3O2. The molecule has 2 aliphatic heterocycles. The standard InChI is InChI=1S/C19H24F3N3O2/c1-12(13-4-3-5-14(10-13)19(20,21)22)23-17(26)18(27)25-9-8-15-6-7-16(11-25)24(15)2/h3-5,10,12,15-16H,6-9,11H2,1-2H3,(H,23,26)/t12-,15-,16+/m1/s1. The summed E-state index contributed by atoms with van der Waals surface area (Å²) in [4.78, 5) is 28.8. The molecule has 2 bridgehead atoms. The molecule has 5 nitrogen and oxygen atoms in total. The summed E-state index contributed by atoms with van der Waals surface area (Å²) in [5.74, 6) is -1.39. The van der Waals surface area contributed by atoms with E-state index in [9.17, 15) is 22.8 Å². The molecule has 2 saturated heterocycles. The van der Waals surface area contributed by atoms with Crippen molar-refractivity contribution in [2.24, 2.45) is 0 Å². The molecule has 8 heteroatoms. The van der Waals surface area contributed by atoms with Crippen LogP contribution in [-0.4, -0.2) is 53.8 Å². The molecule has 1 N–H and O–H groups in total. The summed E-state index contributed by atoms with van der Waals surface area (Å²) in [6.45, 7) is 2.60. The van der Waals surface area contributed by atoms with Crippen molar-refractivity contribution in [3.8, 4) is 0 Å². The Morgan fingerprint density at radius 1 is 1.19 bits per heavy atom. The first-order valence-electron chi connectivity index (χ1n) is 9.15. The Bertz CT molecular complexity index is 722. The van der Waals surface area contributed by atoms with E-state index in [1.165, 1.54) is 12.1 Å². The van der Waals surface area contributed by atoms with Gasteiger partial charge in [0.2, 0.25) is 0 Å². The maximum Gasteiger partial charge on any atom is 0.416 e. The lowest BCUT2D eigenvalue weighted by Crippen LogP contribution is -2.47. The van der Waals surface area contributed by atoms with E-state index in [4.69, 9.17) is 0 Å². The van der Waals surface area contributed by atoms with Crippen molar-refractivity contribution in [1.29, 1.82) is 0 Å². The number of fused-ring (bicyclic) bond motifs is 2. The Balaban J connectivity index is 1.64. The van der Waals surface area contributed by atoms with Gasteiger partial charge in [0.15, 0.2) is 0 Å². The van der Waals surface area contributed by atoms with Gasteiger partial charge in [0, 0.05) is 25.2 Å². The van der Waals surface area contributed by atoms with Crippen molar-refractivity contribution < 1.29 is 22.8 Å². The molecule has 0 aromatic heterocycles. The summed E-state index contributed by atoms with van der Waals surface area (Å²) >= 11 is 0. The Morgan fingerprint density at radius 3 is 2.59 bits per heavy atom. The number of amides is 2. The van der Waals surface area contributed by atoms with Gasteiger partial charge in [0.05, 0.1) is 11.6 Å². The number of carbonyl (C=O) groups is 2. The number of rotatable bonds is 2. The van der Waals surface area contributed by atoms with Crippen molar-refractivity contribution in [3.05, 3.63) is 35.4 Å². The molecule has 2 fully saturated rings. The van der Waals surface area contributed by atoms with Gasteiger partial charge in [-0.1, -0.05) is 12.1 Å². The number of halogens is 3. The Kier molecular flexibility index (Phi) is 5.46. The van der Waals surface area contributed by atoms with Gasteiger partial charge in [-0.05, 0) is 50.9 Å². The average Bonchev–Trinajstić information content (AvgIpc) is 2.86. The number of nitrogens with zero attached hydrogens (tertiary/aromatic N) is 2. The van der Waals surface area contributed by atoms with E-state index >= 15 is 0 Å². The van der Waals surface area contributed by atoms with Crippen molar-refractivity contribution >= 4 is 11.8 Å². The van der Waals surface area contributed by atoms with Crippen LogP contribution < -0.4 is 5.32 Å². The smallest absolute Gasteiger partial charge is 0.341 e. The molecule has 1 aromatic rings. The van der Waals surface area contributed by atoms with Crippen LogP contribution in [-0.2, 0) is 15.8 Å². The first-order chi connectivity index (χ1) is 12.7. The van der Waals surface area contributed by atoms with Crippen LogP contribution >= 0.6 is 0 Å². The molecular weight excluding hydrogens is 359 g/mol. The van der Waals surface area contributed by atoms with Crippen LogP contribution in [0.25, 0.3) is 0 Å². The molecule has 2 heterocycles. The molecule has 0 unspecified atom stereocenters. The Labute approximate surface area is 156 Å². The Hall–Kier alpha value is -2.09. The van der Waals surface area contributed by atoms with Crippen LogP contribution in [0, 0.1) is 0 Å². The van der Waals surface area contributed by atoms with Gasteiger partial charge >= 0.3 is 18.0 Å². The zero-order valence-electron chi connectivity index (χ0n) is 15.4. The average molecular weight is 383 g/mol. The third kappa shape index (κ3) is 4.26. The monoisotopic (exact) mass is 383 g/mol. The summed E-state index contributed by atoms with van der Waals surface area (Å²) in [6.07, 6.45) is -1.50. The van der Waals surface area contributed by atoms with Crippen LogP contribution in [0.5, 0.6) is 0 Å². The molecule has 3 rings (SSSR count). The van der Waals surface area contributed by atoms with Crippen LogP contribution in [0.1, 0.15) is 43.4 Å². The van der Waals surface area contributed by atoms with E-state index in [0.29, 0.717) is 24.7 Å². The van der Waals surface area contributed by atoms with E-state index in [2.05, 4.69) is 10.2 Å². The number of hydrogen-bond donors (Lipinski definition) is 1. The number of carbonyl (C=O) groups excluding carboxylic acids is 2. The fourth-order valence-corrected chi connectivity index (χ4v) is 3.96. The van der Waals surface area contributed by atoms with Gasteiger partial charge in [-0.3, -0.25) is 14.5 Å². The van der Waals surface area contributed by atoms with Gasteiger partial charge in [-0.25, -0.2) is 0 Å². The highest BCUT2D eigenvalue weighted by Gasteiger charge is 2.37. The normalized spacial score (nSPS) is 24.4. The summed E-state index contributed by atoms with van der Waals surface area (Å²) in [7, 11) is 2.05. The SMILES string of the molecule is C[C@@H](NC(=O)C(=O)N1CC[C@H]2CC[C@@H](C1)N2C)c1cccc(C(F)(F)F)c1. The lowest BCUT2D eigenvalue weighted by atomic mass is 10.0. The van der Waals surface area contributed by atoms with Crippen molar-refractivity contribution in [2.45, 2.75) is 50.5 Å². The second-order valence-electron chi connectivity index (χ2n) is 7.41. The number of likely N-dealkylation sites (N-methyl/N-ethyl adjacent to an activating group) is 1. The topological polar surface area (TPSA) is 52.7 Å². The molecule has 2 amide bonds. The number of alkyl halides is 3. The predicted octanol–water partition coefficient (Wildman–Crippen LogP) is 2.58. The lowest BCUT2D eigenvalue weighted by molar-refractivity contribution is -0.146. The third-order valence-corrected chi connectivity index (χ3v) is 5.69. The fraction of sp³-hybridized carbons (Fsp3) is 0.579. The lowest BCUT2D eigenvalue weighted by Gasteiger charge is -2.26. The number of benzene rings is 1. The third-order valence-electron chi connectivity index (χ3n) is 5.69. The second kappa shape index (κ2) is 7.50. The molecule has 0 saturated carbocycles. The van der Waals surface area contributed by atoms with Gasteiger partial charge in [0.1, 0.15) is 0 Å². The molecule has 1 aromatic carbocycles. The minimum atomic E-state index is -4.45.